The molecule has 0 bridgehead atoms. The van der Waals surface area contributed by atoms with E-state index in [-0.39, 0.29) is 24.0 Å². The smallest absolute Gasteiger partial charge is 0.244 e. The van der Waals surface area contributed by atoms with Crippen LogP contribution >= 0.6 is 24.0 Å². The molecule has 1 rings (SSSR count). The third-order valence-corrected chi connectivity index (χ3v) is 5.11. The van der Waals surface area contributed by atoms with Gasteiger partial charge < -0.3 is 5.73 Å². The van der Waals surface area contributed by atoms with Crippen LogP contribution in [0, 0.1) is 5.82 Å². The molecule has 4 nitrogen and oxygen atoms in total. The van der Waals surface area contributed by atoms with Crippen molar-refractivity contribution in [1.29, 1.82) is 0 Å². The first-order valence-electron chi connectivity index (χ1n) is 5.99. The Balaban J connectivity index is 0.00000361. The minimum Gasteiger partial charge on any atom is -0.329 e. The monoisotopic (exact) mass is 344 g/mol. The Labute approximate surface area is 130 Å². The van der Waals surface area contributed by atoms with Gasteiger partial charge in [-0.2, -0.15) is 0 Å². The van der Waals surface area contributed by atoms with Gasteiger partial charge in [0.25, 0.3) is 0 Å². The summed E-state index contributed by atoms with van der Waals surface area (Å²) in [6.07, 6.45) is 1.03. The molecule has 0 spiro atoms. The molecule has 0 fully saturated rings. The highest BCUT2D eigenvalue weighted by Gasteiger charge is 2.32. The molecular weight excluding hydrogens is 326 g/mol. The van der Waals surface area contributed by atoms with Crippen LogP contribution in [0.3, 0.4) is 0 Å². The first-order valence-corrected chi connectivity index (χ1v) is 7.85. The molecule has 20 heavy (non-hydrogen) atoms. The van der Waals surface area contributed by atoms with Crippen molar-refractivity contribution in [2.24, 2.45) is 5.73 Å². The van der Waals surface area contributed by atoms with Crippen LogP contribution in [0.1, 0.15) is 26.7 Å². The molecule has 0 atom stereocenters. The normalized spacial score (nSPS) is 12.1. The highest BCUT2D eigenvalue weighted by Crippen LogP contribution is 2.23. The van der Waals surface area contributed by atoms with Crippen LogP contribution in [0.25, 0.3) is 0 Å². The van der Waals surface area contributed by atoms with E-state index in [0.29, 0.717) is 12.8 Å². The molecule has 0 heterocycles. The van der Waals surface area contributed by atoms with Gasteiger partial charge in [-0.1, -0.05) is 25.4 Å². The van der Waals surface area contributed by atoms with Crippen molar-refractivity contribution in [3.8, 4) is 0 Å². The molecule has 1 aromatic rings. The van der Waals surface area contributed by atoms with Crippen LogP contribution in [-0.2, 0) is 10.0 Å². The van der Waals surface area contributed by atoms with E-state index in [1.54, 1.807) is 0 Å². The average Bonchev–Trinajstić information content (AvgIpc) is 2.39. The second-order valence-corrected chi connectivity index (χ2v) is 6.46. The molecule has 0 aromatic heterocycles. The van der Waals surface area contributed by atoms with Gasteiger partial charge in [0.05, 0.1) is 0 Å². The van der Waals surface area contributed by atoms with Crippen molar-refractivity contribution in [1.82, 2.24) is 4.72 Å². The van der Waals surface area contributed by atoms with Gasteiger partial charge in [-0.05, 0) is 31.0 Å². The zero-order valence-electron chi connectivity index (χ0n) is 11.3. The molecule has 0 aliphatic carbocycles. The van der Waals surface area contributed by atoms with Gasteiger partial charge in [-0.25, -0.2) is 17.5 Å². The minimum atomic E-state index is -4.00. The Hall–Kier alpha value is -0.400. The lowest BCUT2D eigenvalue weighted by Crippen LogP contribution is -2.52. The van der Waals surface area contributed by atoms with Gasteiger partial charge in [-0.3, -0.25) is 0 Å². The Morgan fingerprint density at radius 2 is 1.90 bits per heavy atom. The van der Waals surface area contributed by atoms with Crippen LogP contribution in [0.5, 0.6) is 0 Å². The van der Waals surface area contributed by atoms with Gasteiger partial charge in [0, 0.05) is 17.1 Å². The van der Waals surface area contributed by atoms with Crippen LogP contribution < -0.4 is 10.5 Å². The number of nitrogens with two attached hydrogens (primary N) is 1. The molecule has 0 amide bonds. The van der Waals surface area contributed by atoms with Gasteiger partial charge >= 0.3 is 0 Å². The number of hydrogen-bond donors (Lipinski definition) is 2. The van der Waals surface area contributed by atoms with E-state index < -0.39 is 26.3 Å². The molecular formula is C12H19Cl2FN2O2S. The lowest BCUT2D eigenvalue weighted by Gasteiger charge is -2.31. The second kappa shape index (κ2) is 7.56. The molecule has 0 saturated heterocycles. The van der Waals surface area contributed by atoms with Gasteiger partial charge in [0.15, 0.2) is 0 Å². The van der Waals surface area contributed by atoms with E-state index in [4.69, 9.17) is 17.3 Å². The molecule has 8 heteroatoms. The molecule has 0 saturated carbocycles. The maximum Gasteiger partial charge on any atom is 0.244 e. The Bertz CT molecular complexity index is 540. The molecule has 1 aromatic carbocycles. The third kappa shape index (κ3) is 4.30. The van der Waals surface area contributed by atoms with E-state index in [1.165, 1.54) is 6.07 Å². The molecule has 0 aliphatic heterocycles. The van der Waals surface area contributed by atoms with Crippen molar-refractivity contribution >= 4 is 34.0 Å². The first-order chi connectivity index (χ1) is 8.80. The van der Waals surface area contributed by atoms with Crippen LogP contribution in [0.4, 0.5) is 4.39 Å². The quantitative estimate of drug-likeness (QED) is 0.833. The summed E-state index contributed by atoms with van der Waals surface area (Å²) in [4.78, 5) is -0.459. The standard InChI is InChI=1S/C12H18ClFN2O2S.ClH/c1-3-12(4-2,8-15)16-19(17,18)11-7-9(13)5-6-10(11)14;/h5-7,16H,3-4,8,15H2,1-2H3;1H. The number of sulfonamides is 1. The Kier molecular flexibility index (Phi) is 7.41. The zero-order chi connectivity index (χ0) is 14.7. The molecule has 0 unspecified atom stereocenters. The maximum atomic E-state index is 13.6. The largest absolute Gasteiger partial charge is 0.329 e. The summed E-state index contributed by atoms with van der Waals surface area (Å²) in [5.74, 6) is -0.838. The molecule has 0 radical (unpaired) electrons. The van der Waals surface area contributed by atoms with E-state index in [9.17, 15) is 12.8 Å². The lowest BCUT2D eigenvalue weighted by molar-refractivity contribution is 0.362. The summed E-state index contributed by atoms with van der Waals surface area (Å²) in [5, 5.41) is 0.160. The second-order valence-electron chi connectivity index (χ2n) is 4.37. The predicted molar refractivity (Wildman–Crippen MR) is 81.3 cm³/mol. The maximum absolute atomic E-state index is 13.6. The topological polar surface area (TPSA) is 72.2 Å². The van der Waals surface area contributed by atoms with Crippen LogP contribution in [-0.4, -0.2) is 20.5 Å². The number of benzene rings is 1. The summed E-state index contributed by atoms with van der Waals surface area (Å²) in [7, 11) is -4.00. The summed E-state index contributed by atoms with van der Waals surface area (Å²) in [6, 6.07) is 3.41. The summed E-state index contributed by atoms with van der Waals surface area (Å²) in [6.45, 7) is 3.79. The zero-order valence-corrected chi connectivity index (χ0v) is 13.7. The Morgan fingerprint density at radius 1 is 1.35 bits per heavy atom. The van der Waals surface area contributed by atoms with E-state index in [2.05, 4.69) is 4.72 Å². The van der Waals surface area contributed by atoms with Crippen molar-refractivity contribution < 1.29 is 12.8 Å². The first kappa shape index (κ1) is 19.6. The SMILES string of the molecule is CCC(CC)(CN)NS(=O)(=O)c1cc(Cl)ccc1F.Cl. The minimum absolute atomic E-state index is 0. The van der Waals surface area contributed by atoms with Gasteiger partial charge in [0.2, 0.25) is 10.0 Å². The molecule has 3 N–H and O–H groups in total. The number of halogens is 3. The van der Waals surface area contributed by atoms with Gasteiger partial charge in [0.1, 0.15) is 10.7 Å². The van der Waals surface area contributed by atoms with E-state index in [0.717, 1.165) is 12.1 Å². The highest BCUT2D eigenvalue weighted by molar-refractivity contribution is 7.89. The summed E-state index contributed by atoms with van der Waals surface area (Å²) >= 11 is 5.71. The van der Waals surface area contributed by atoms with Crippen molar-refractivity contribution in [2.75, 3.05) is 6.54 Å². The molecule has 116 valence electrons. The third-order valence-electron chi connectivity index (χ3n) is 3.28. The Morgan fingerprint density at radius 3 is 2.35 bits per heavy atom. The highest BCUT2D eigenvalue weighted by atomic mass is 35.5. The van der Waals surface area contributed by atoms with Crippen LogP contribution in [0.2, 0.25) is 5.02 Å². The number of nitrogens with one attached hydrogen (secondary N) is 1. The summed E-state index contributed by atoms with van der Waals surface area (Å²) in [5.41, 5.74) is 4.87. The fourth-order valence-electron chi connectivity index (χ4n) is 1.75. The average molecular weight is 345 g/mol. The fourth-order valence-corrected chi connectivity index (χ4v) is 3.64. The lowest BCUT2D eigenvalue weighted by atomic mass is 9.95. The number of hydrogen-bond acceptors (Lipinski definition) is 3. The van der Waals surface area contributed by atoms with Crippen molar-refractivity contribution in [3.05, 3.63) is 29.0 Å². The molecule has 0 aliphatic rings. The number of rotatable bonds is 6. The van der Waals surface area contributed by atoms with E-state index in [1.807, 2.05) is 13.8 Å². The van der Waals surface area contributed by atoms with E-state index >= 15 is 0 Å². The van der Waals surface area contributed by atoms with Crippen molar-refractivity contribution in [3.63, 3.8) is 0 Å². The predicted octanol–water partition coefficient (Wildman–Crippen LogP) is 2.70. The fraction of sp³-hybridized carbons (Fsp3) is 0.500. The van der Waals surface area contributed by atoms with Gasteiger partial charge in [-0.15, -0.1) is 12.4 Å². The van der Waals surface area contributed by atoms with Crippen molar-refractivity contribution in [2.45, 2.75) is 37.1 Å². The summed E-state index contributed by atoms with van der Waals surface area (Å²) < 4.78 is 40.6. The van der Waals surface area contributed by atoms with Crippen LogP contribution in [0.15, 0.2) is 23.1 Å².